The van der Waals surface area contributed by atoms with Crippen molar-refractivity contribution in [1.29, 1.82) is 0 Å². The number of ether oxygens (including phenoxy) is 1. The Kier molecular flexibility index (Phi) is 6.41. The maximum atomic E-state index is 13.8. The van der Waals surface area contributed by atoms with Crippen molar-refractivity contribution in [3.63, 3.8) is 0 Å². The monoisotopic (exact) mass is 451 g/mol. The SMILES string of the molecule is C=CCn1c(COc2ccccc2F)nnc1SCc1cc(=O)oc2c(C)c(C)ccc12. The first-order chi connectivity index (χ1) is 15.5. The molecule has 6 nitrogen and oxygen atoms in total. The summed E-state index contributed by atoms with van der Waals surface area (Å²) in [5, 5.41) is 10.0. The van der Waals surface area contributed by atoms with Gasteiger partial charge in [-0.1, -0.05) is 42.1 Å². The fraction of sp³-hybridized carbons (Fsp3) is 0.208. The summed E-state index contributed by atoms with van der Waals surface area (Å²) in [4.78, 5) is 12.1. The standard InChI is InChI=1S/C24H22FN3O3S/c1-4-11-28-21(13-30-20-8-6-5-7-19(20)25)26-27-24(28)32-14-17-12-22(29)31-23-16(3)15(2)9-10-18(17)23/h4-10,12H,1,11,13-14H2,2-3H3. The summed E-state index contributed by atoms with van der Waals surface area (Å²) in [6.45, 7) is 8.27. The van der Waals surface area contributed by atoms with Crippen molar-refractivity contribution in [2.75, 3.05) is 0 Å². The Morgan fingerprint density at radius 1 is 1.22 bits per heavy atom. The number of halogens is 1. The van der Waals surface area contributed by atoms with E-state index in [1.165, 1.54) is 23.9 Å². The van der Waals surface area contributed by atoms with Crippen LogP contribution in [-0.4, -0.2) is 14.8 Å². The van der Waals surface area contributed by atoms with Crippen molar-refractivity contribution in [2.45, 2.75) is 37.9 Å². The van der Waals surface area contributed by atoms with Gasteiger partial charge in [-0.2, -0.15) is 0 Å². The van der Waals surface area contributed by atoms with Gasteiger partial charge in [0.05, 0.1) is 0 Å². The maximum absolute atomic E-state index is 13.8. The molecular weight excluding hydrogens is 429 g/mol. The lowest BCUT2D eigenvalue weighted by Gasteiger charge is -2.11. The topological polar surface area (TPSA) is 70.2 Å². The van der Waals surface area contributed by atoms with Crippen LogP contribution in [0, 0.1) is 19.7 Å². The second-order valence-electron chi connectivity index (χ2n) is 7.28. The van der Waals surface area contributed by atoms with Gasteiger partial charge in [0, 0.05) is 23.8 Å². The molecule has 0 saturated heterocycles. The van der Waals surface area contributed by atoms with Crippen LogP contribution >= 0.6 is 11.8 Å². The summed E-state index contributed by atoms with van der Waals surface area (Å²) in [5.74, 6) is 0.786. The van der Waals surface area contributed by atoms with Crippen LogP contribution in [0.3, 0.4) is 0 Å². The summed E-state index contributed by atoms with van der Waals surface area (Å²) in [7, 11) is 0. The predicted octanol–water partition coefficient (Wildman–Crippen LogP) is 5.20. The first-order valence-electron chi connectivity index (χ1n) is 10.0. The molecule has 0 unspecified atom stereocenters. The summed E-state index contributed by atoms with van der Waals surface area (Å²) >= 11 is 1.45. The molecule has 0 N–H and O–H groups in total. The lowest BCUT2D eigenvalue weighted by atomic mass is 10.0. The van der Waals surface area contributed by atoms with Crippen LogP contribution in [0.1, 0.15) is 22.5 Å². The number of fused-ring (bicyclic) bond motifs is 1. The van der Waals surface area contributed by atoms with Crippen LogP contribution in [0.25, 0.3) is 11.0 Å². The Balaban J connectivity index is 1.58. The second kappa shape index (κ2) is 9.40. The Bertz CT molecular complexity index is 1350. The van der Waals surface area contributed by atoms with Crippen LogP contribution in [-0.2, 0) is 18.9 Å². The van der Waals surface area contributed by atoms with Crippen LogP contribution in [0.4, 0.5) is 4.39 Å². The number of hydrogen-bond donors (Lipinski definition) is 0. The summed E-state index contributed by atoms with van der Waals surface area (Å²) in [5.41, 5.74) is 3.11. The molecule has 2 aromatic carbocycles. The largest absolute Gasteiger partial charge is 0.483 e. The molecule has 0 amide bonds. The molecule has 0 aliphatic carbocycles. The average molecular weight is 452 g/mol. The maximum Gasteiger partial charge on any atom is 0.336 e. The summed E-state index contributed by atoms with van der Waals surface area (Å²) in [6.07, 6.45) is 1.73. The molecule has 164 valence electrons. The predicted molar refractivity (Wildman–Crippen MR) is 122 cm³/mol. The van der Waals surface area contributed by atoms with E-state index in [4.69, 9.17) is 9.15 Å². The third-order valence-corrected chi connectivity index (χ3v) is 6.19. The number of benzene rings is 2. The van der Waals surface area contributed by atoms with Crippen LogP contribution in [0.2, 0.25) is 0 Å². The van der Waals surface area contributed by atoms with Gasteiger partial charge in [-0.3, -0.25) is 4.57 Å². The number of thioether (sulfide) groups is 1. The van der Waals surface area contributed by atoms with Gasteiger partial charge in [0.15, 0.2) is 22.5 Å². The minimum absolute atomic E-state index is 0.0681. The van der Waals surface area contributed by atoms with Crippen LogP contribution in [0.15, 0.2) is 69.5 Å². The minimum atomic E-state index is -0.433. The van der Waals surface area contributed by atoms with Gasteiger partial charge in [0.1, 0.15) is 12.2 Å². The van der Waals surface area contributed by atoms with Gasteiger partial charge in [0.25, 0.3) is 0 Å². The van der Waals surface area contributed by atoms with Crippen LogP contribution < -0.4 is 10.4 Å². The van der Waals surface area contributed by atoms with Gasteiger partial charge >= 0.3 is 5.63 Å². The van der Waals surface area contributed by atoms with Crippen molar-refractivity contribution in [3.05, 3.63) is 93.9 Å². The van der Waals surface area contributed by atoms with E-state index in [0.29, 0.717) is 28.9 Å². The van der Waals surface area contributed by atoms with E-state index in [1.54, 1.807) is 24.3 Å². The first-order valence-corrected chi connectivity index (χ1v) is 11.0. The minimum Gasteiger partial charge on any atom is -0.483 e. The van der Waals surface area contributed by atoms with Gasteiger partial charge in [0.2, 0.25) is 0 Å². The molecule has 0 atom stereocenters. The summed E-state index contributed by atoms with van der Waals surface area (Å²) < 4.78 is 26.8. The van der Waals surface area contributed by atoms with Crippen molar-refractivity contribution in [1.82, 2.24) is 14.8 Å². The molecule has 0 aliphatic rings. The van der Waals surface area contributed by atoms with E-state index in [1.807, 2.05) is 30.5 Å². The number of aryl methyl sites for hydroxylation is 2. The first kappa shape index (κ1) is 21.8. The summed E-state index contributed by atoms with van der Waals surface area (Å²) in [6, 6.07) is 11.7. The normalized spacial score (nSPS) is 11.1. The Morgan fingerprint density at radius 2 is 2.03 bits per heavy atom. The number of hydrogen-bond acceptors (Lipinski definition) is 6. The Morgan fingerprint density at radius 3 is 2.81 bits per heavy atom. The molecule has 0 aliphatic heterocycles. The molecular formula is C24H22FN3O3S. The molecule has 2 heterocycles. The van der Waals surface area contributed by atoms with E-state index in [9.17, 15) is 9.18 Å². The van der Waals surface area contributed by atoms with Gasteiger partial charge in [-0.25, -0.2) is 9.18 Å². The Hall–Kier alpha value is -3.39. The number of para-hydroxylation sites is 1. The molecule has 8 heteroatoms. The highest BCUT2D eigenvalue weighted by Gasteiger charge is 2.15. The molecule has 0 bridgehead atoms. The van der Waals surface area contributed by atoms with Gasteiger partial charge in [-0.05, 0) is 42.7 Å². The number of allylic oxidation sites excluding steroid dienone is 1. The smallest absolute Gasteiger partial charge is 0.336 e. The third-order valence-electron chi connectivity index (χ3n) is 5.17. The molecule has 4 aromatic rings. The van der Waals surface area contributed by atoms with E-state index in [-0.39, 0.29) is 18.0 Å². The molecule has 2 aromatic heterocycles. The third kappa shape index (κ3) is 4.45. The molecule has 0 radical (unpaired) electrons. The Labute approximate surface area is 188 Å². The number of nitrogens with zero attached hydrogens (tertiary/aromatic N) is 3. The van der Waals surface area contributed by atoms with E-state index in [2.05, 4.69) is 16.8 Å². The zero-order valence-electron chi connectivity index (χ0n) is 17.8. The molecule has 0 saturated carbocycles. The fourth-order valence-corrected chi connectivity index (χ4v) is 4.29. The lowest BCUT2D eigenvalue weighted by Crippen LogP contribution is -2.08. The van der Waals surface area contributed by atoms with Crippen molar-refractivity contribution < 1.29 is 13.5 Å². The van der Waals surface area contributed by atoms with E-state index < -0.39 is 5.82 Å². The molecule has 0 fully saturated rings. The van der Waals surface area contributed by atoms with Crippen LogP contribution in [0.5, 0.6) is 5.75 Å². The second-order valence-corrected chi connectivity index (χ2v) is 8.22. The number of aromatic nitrogens is 3. The quantitative estimate of drug-likeness (QED) is 0.208. The van der Waals surface area contributed by atoms with Gasteiger partial charge < -0.3 is 9.15 Å². The van der Waals surface area contributed by atoms with Crippen molar-refractivity contribution in [3.8, 4) is 5.75 Å². The van der Waals surface area contributed by atoms with E-state index >= 15 is 0 Å². The highest BCUT2D eigenvalue weighted by Crippen LogP contribution is 2.29. The molecule has 0 spiro atoms. The highest BCUT2D eigenvalue weighted by atomic mass is 32.2. The van der Waals surface area contributed by atoms with Gasteiger partial charge in [-0.15, -0.1) is 16.8 Å². The van der Waals surface area contributed by atoms with Crippen molar-refractivity contribution in [2.24, 2.45) is 0 Å². The zero-order valence-corrected chi connectivity index (χ0v) is 18.6. The zero-order chi connectivity index (χ0) is 22.7. The number of rotatable bonds is 8. The molecule has 32 heavy (non-hydrogen) atoms. The average Bonchev–Trinajstić information content (AvgIpc) is 3.16. The van der Waals surface area contributed by atoms with Crippen molar-refractivity contribution >= 4 is 22.7 Å². The molecule has 4 rings (SSSR count). The fourth-order valence-electron chi connectivity index (χ4n) is 3.34. The lowest BCUT2D eigenvalue weighted by molar-refractivity contribution is 0.275. The van der Waals surface area contributed by atoms with E-state index in [0.717, 1.165) is 22.1 Å². The highest BCUT2D eigenvalue weighted by molar-refractivity contribution is 7.98.